The van der Waals surface area contributed by atoms with Crippen LogP contribution >= 0.6 is 0 Å². The van der Waals surface area contributed by atoms with Crippen LogP contribution in [0.5, 0.6) is 0 Å². The van der Waals surface area contributed by atoms with E-state index in [-0.39, 0.29) is 54.6 Å². The quantitative estimate of drug-likeness (QED) is 0.190. The van der Waals surface area contributed by atoms with E-state index in [0.717, 1.165) is 51.4 Å². The third kappa shape index (κ3) is 49.5. The summed E-state index contributed by atoms with van der Waals surface area (Å²) in [6, 6.07) is 0. The van der Waals surface area contributed by atoms with E-state index in [9.17, 15) is 9.59 Å². The molecule has 0 fully saturated rings. The topological polar surface area (TPSA) is 74.6 Å². The third-order valence-electron chi connectivity index (χ3n) is 2.60. The van der Waals surface area contributed by atoms with Gasteiger partial charge in [-0.2, -0.15) is 0 Å². The number of rotatable bonds is 12. The van der Waals surface area contributed by atoms with Crippen LogP contribution in [0, 0.1) is 0 Å². The van der Waals surface area contributed by atoms with Gasteiger partial charge >= 0.3 is 29.3 Å². The van der Waals surface area contributed by atoms with E-state index in [1.54, 1.807) is 0 Å². The molecule has 0 spiro atoms. The first-order chi connectivity index (χ1) is 9.54. The molecule has 0 aliphatic heterocycles. The van der Waals surface area contributed by atoms with Gasteiger partial charge in [-0.25, -0.2) is 0 Å². The second-order valence-electron chi connectivity index (χ2n) is 4.56. The molecule has 0 aromatic rings. The number of unbranched alkanes of at least 4 members (excludes halogenated alkanes) is 6. The molecule has 0 heterocycles. The zero-order valence-corrected chi connectivity index (χ0v) is 17.5. The molecule has 0 aromatic carbocycles. The molecule has 2 N–H and O–H groups in total. The van der Waals surface area contributed by atoms with E-state index in [2.05, 4.69) is 13.2 Å². The first-order valence-corrected chi connectivity index (χ1v) is 7.20. The molecular formula is C16H28AlCl3O4. The zero-order chi connectivity index (χ0) is 15.6. The summed E-state index contributed by atoms with van der Waals surface area (Å²) >= 11 is 0. The van der Waals surface area contributed by atoms with Gasteiger partial charge in [-0.15, -0.1) is 13.2 Å². The van der Waals surface area contributed by atoms with Crippen LogP contribution in [0.2, 0.25) is 0 Å². The molecule has 0 aliphatic carbocycles. The van der Waals surface area contributed by atoms with Crippen molar-refractivity contribution in [2.75, 3.05) is 0 Å². The van der Waals surface area contributed by atoms with Gasteiger partial charge < -0.3 is 47.4 Å². The molecule has 0 bridgehead atoms. The summed E-state index contributed by atoms with van der Waals surface area (Å²) < 4.78 is 0. The van der Waals surface area contributed by atoms with Gasteiger partial charge in [-0.1, -0.05) is 25.0 Å². The summed E-state index contributed by atoms with van der Waals surface area (Å²) in [5, 5.41) is 16.5. The number of hydrogen-bond acceptors (Lipinski definition) is 2. The Kier molecular flexibility index (Phi) is 55.7. The van der Waals surface area contributed by atoms with Crippen molar-refractivity contribution in [1.82, 2.24) is 0 Å². The van der Waals surface area contributed by atoms with E-state index in [0.29, 0.717) is 12.8 Å². The van der Waals surface area contributed by atoms with Gasteiger partial charge in [0.05, 0.1) is 0 Å². The zero-order valence-electron chi connectivity index (χ0n) is 14.1. The normalized spacial score (nSPS) is 7.67. The van der Waals surface area contributed by atoms with Crippen LogP contribution in [0.25, 0.3) is 0 Å². The van der Waals surface area contributed by atoms with Gasteiger partial charge in [-0.05, 0) is 38.5 Å². The largest absolute Gasteiger partial charge is 3.00 e. The molecule has 140 valence electrons. The van der Waals surface area contributed by atoms with Gasteiger partial charge in [0.25, 0.3) is 0 Å². The van der Waals surface area contributed by atoms with E-state index >= 15 is 0 Å². The Labute approximate surface area is 175 Å². The smallest absolute Gasteiger partial charge is 1.00 e. The molecule has 0 saturated heterocycles. The Bertz CT molecular complexity index is 262. The standard InChI is InChI=1S/2C8H14O2.Al.3ClH/c2*1-2-3-4-5-6-7-8(9)10;;;;/h2*2H,1,3-7H2,(H,9,10);;3*1H/q;;+3;;;/p-3. The molecule has 0 radical (unpaired) electrons. The number of carboxylic acid groups (broad SMARTS) is 2. The summed E-state index contributed by atoms with van der Waals surface area (Å²) in [4.78, 5) is 20.0. The summed E-state index contributed by atoms with van der Waals surface area (Å²) in [5.41, 5.74) is 0. The molecular weight excluding hydrogens is 390 g/mol. The van der Waals surface area contributed by atoms with Gasteiger partial charge in [0, 0.05) is 12.8 Å². The second-order valence-corrected chi connectivity index (χ2v) is 4.56. The molecule has 4 nitrogen and oxygen atoms in total. The fraction of sp³-hybridized carbons (Fsp3) is 0.625. The molecule has 0 rings (SSSR count). The van der Waals surface area contributed by atoms with Crippen molar-refractivity contribution in [3.8, 4) is 0 Å². The summed E-state index contributed by atoms with van der Waals surface area (Å²) in [7, 11) is 0. The first kappa shape index (κ1) is 39.1. The van der Waals surface area contributed by atoms with Crippen molar-refractivity contribution in [1.29, 1.82) is 0 Å². The minimum atomic E-state index is -0.696. The maximum Gasteiger partial charge on any atom is 3.00 e. The molecule has 0 aromatic heterocycles. The van der Waals surface area contributed by atoms with E-state index in [1.165, 1.54) is 0 Å². The van der Waals surface area contributed by atoms with Gasteiger partial charge in [-0.3, -0.25) is 9.59 Å². The van der Waals surface area contributed by atoms with Crippen molar-refractivity contribution >= 4 is 29.3 Å². The summed E-state index contributed by atoms with van der Waals surface area (Å²) in [5.74, 6) is -1.39. The second kappa shape index (κ2) is 34.2. The summed E-state index contributed by atoms with van der Waals surface area (Å²) in [6.45, 7) is 7.15. The van der Waals surface area contributed by atoms with Crippen LogP contribution in [-0.2, 0) is 9.59 Å². The van der Waals surface area contributed by atoms with Crippen molar-refractivity contribution < 1.29 is 57.0 Å². The maximum absolute atomic E-state index is 10.0. The third-order valence-corrected chi connectivity index (χ3v) is 2.60. The molecule has 0 saturated carbocycles. The van der Waals surface area contributed by atoms with Gasteiger partial charge in [0.2, 0.25) is 0 Å². The van der Waals surface area contributed by atoms with Crippen LogP contribution in [0.3, 0.4) is 0 Å². The SMILES string of the molecule is C=CCCCCCC(=O)O.C=CCCCCCC(=O)O.[Al+3].[Cl-].[Cl-].[Cl-]. The van der Waals surface area contributed by atoms with E-state index in [1.807, 2.05) is 12.2 Å². The number of allylic oxidation sites excluding steroid dienone is 2. The van der Waals surface area contributed by atoms with Crippen molar-refractivity contribution in [3.05, 3.63) is 25.3 Å². The van der Waals surface area contributed by atoms with E-state index < -0.39 is 11.9 Å². The van der Waals surface area contributed by atoms with Crippen molar-refractivity contribution in [2.45, 2.75) is 64.2 Å². The number of aliphatic carboxylic acids is 2. The Morgan fingerprint density at radius 2 is 0.958 bits per heavy atom. The molecule has 0 atom stereocenters. The van der Waals surface area contributed by atoms with Crippen LogP contribution in [0.4, 0.5) is 0 Å². The first-order valence-electron chi connectivity index (χ1n) is 7.20. The molecule has 24 heavy (non-hydrogen) atoms. The maximum atomic E-state index is 10.0. The average Bonchev–Trinajstić information content (AvgIpc) is 2.38. The van der Waals surface area contributed by atoms with Crippen LogP contribution < -0.4 is 37.2 Å². The number of carbonyl (C=O) groups is 2. The molecule has 0 aliphatic rings. The van der Waals surface area contributed by atoms with Gasteiger partial charge in [0.1, 0.15) is 0 Å². The predicted molar refractivity (Wildman–Crippen MR) is 87.6 cm³/mol. The Balaban J connectivity index is -0.0000000579. The average molecular weight is 418 g/mol. The van der Waals surface area contributed by atoms with E-state index in [4.69, 9.17) is 10.2 Å². The van der Waals surface area contributed by atoms with Crippen molar-refractivity contribution in [2.24, 2.45) is 0 Å². The van der Waals surface area contributed by atoms with Crippen LogP contribution in [0.15, 0.2) is 25.3 Å². The Morgan fingerprint density at radius 3 is 1.17 bits per heavy atom. The Morgan fingerprint density at radius 1 is 0.667 bits per heavy atom. The van der Waals surface area contributed by atoms with Crippen LogP contribution in [-0.4, -0.2) is 39.5 Å². The summed E-state index contributed by atoms with van der Waals surface area (Å²) in [6.07, 6.45) is 12.0. The number of carboxylic acids is 2. The molecule has 0 amide bonds. The Hall–Kier alpha value is -0.178. The van der Waals surface area contributed by atoms with Crippen molar-refractivity contribution in [3.63, 3.8) is 0 Å². The van der Waals surface area contributed by atoms with Crippen LogP contribution in [0.1, 0.15) is 64.2 Å². The monoisotopic (exact) mass is 416 g/mol. The fourth-order valence-corrected chi connectivity index (χ4v) is 1.48. The van der Waals surface area contributed by atoms with Gasteiger partial charge in [0.15, 0.2) is 0 Å². The molecule has 8 heteroatoms. The minimum Gasteiger partial charge on any atom is -1.00 e. The number of hydrogen-bond donors (Lipinski definition) is 2. The predicted octanol–water partition coefficient (Wildman–Crippen LogP) is -4.95. The fourth-order valence-electron chi connectivity index (χ4n) is 1.48. The molecule has 0 unspecified atom stereocenters. The number of halogens is 3. The minimum absolute atomic E-state index is 0.